The summed E-state index contributed by atoms with van der Waals surface area (Å²) in [4.78, 5) is 0.0604. The van der Waals surface area contributed by atoms with E-state index < -0.39 is 10.0 Å². The average Bonchev–Trinajstić information content (AvgIpc) is 2.77. The zero-order chi connectivity index (χ0) is 14.0. The molecule has 0 bridgehead atoms. The number of hydrogen-bond donors (Lipinski definition) is 3. The SMILES string of the molecule is Nc1cc(Br)c(S(=O)(=O)NCc2nn[nH]n2)c(Br)c1. The van der Waals surface area contributed by atoms with Crippen LogP contribution in [0, 0.1) is 0 Å². The van der Waals surface area contributed by atoms with Crippen molar-refractivity contribution in [2.24, 2.45) is 0 Å². The van der Waals surface area contributed by atoms with Crippen molar-refractivity contribution >= 4 is 47.6 Å². The van der Waals surface area contributed by atoms with Crippen LogP contribution < -0.4 is 10.5 Å². The first-order valence-electron chi connectivity index (χ1n) is 4.86. The Balaban J connectivity index is 2.29. The molecule has 0 unspecified atom stereocenters. The van der Waals surface area contributed by atoms with Gasteiger partial charge in [0.1, 0.15) is 4.90 Å². The summed E-state index contributed by atoms with van der Waals surface area (Å²) < 4.78 is 27.5. The van der Waals surface area contributed by atoms with E-state index in [0.717, 1.165) is 0 Å². The number of nitrogens with zero attached hydrogens (tertiary/aromatic N) is 3. The van der Waals surface area contributed by atoms with E-state index in [9.17, 15) is 8.42 Å². The van der Waals surface area contributed by atoms with Gasteiger partial charge >= 0.3 is 0 Å². The lowest BCUT2D eigenvalue weighted by Gasteiger charge is -2.10. The predicted octanol–water partition coefficient (Wildman–Crippen LogP) is 0.785. The second-order valence-corrected chi connectivity index (χ2v) is 6.88. The normalized spacial score (nSPS) is 11.7. The van der Waals surface area contributed by atoms with Gasteiger partial charge in [0.2, 0.25) is 10.0 Å². The van der Waals surface area contributed by atoms with Crippen molar-refractivity contribution in [2.75, 3.05) is 5.73 Å². The maximum absolute atomic E-state index is 12.2. The second-order valence-electron chi connectivity index (χ2n) is 3.47. The molecule has 0 radical (unpaired) electrons. The molecule has 0 aliphatic rings. The van der Waals surface area contributed by atoms with Crippen LogP contribution in [0.2, 0.25) is 0 Å². The number of aromatic nitrogens is 4. The van der Waals surface area contributed by atoms with Crippen LogP contribution in [0.4, 0.5) is 5.69 Å². The molecule has 2 rings (SSSR count). The molecule has 0 fully saturated rings. The Hall–Kier alpha value is -1.04. The molecule has 102 valence electrons. The molecule has 0 atom stereocenters. The third kappa shape index (κ3) is 3.29. The van der Waals surface area contributed by atoms with Crippen LogP contribution in [0.1, 0.15) is 5.82 Å². The number of nitrogen functional groups attached to an aromatic ring is 1. The molecular weight excluding hydrogens is 404 g/mol. The molecule has 0 aliphatic heterocycles. The van der Waals surface area contributed by atoms with Crippen LogP contribution in [-0.4, -0.2) is 29.0 Å². The van der Waals surface area contributed by atoms with Crippen molar-refractivity contribution in [3.63, 3.8) is 0 Å². The smallest absolute Gasteiger partial charge is 0.243 e. The van der Waals surface area contributed by atoms with E-state index in [2.05, 4.69) is 57.2 Å². The Morgan fingerprint density at radius 3 is 2.47 bits per heavy atom. The lowest BCUT2D eigenvalue weighted by Crippen LogP contribution is -2.24. The fraction of sp³-hybridized carbons (Fsp3) is 0.125. The molecule has 1 aromatic carbocycles. The minimum atomic E-state index is -3.74. The van der Waals surface area contributed by atoms with Crippen molar-refractivity contribution in [1.29, 1.82) is 0 Å². The standard InChI is InChI=1S/C8H8Br2N6O2S/c9-5-1-4(11)2-6(10)8(5)19(17,18)12-3-7-13-15-16-14-7/h1-2,12H,3,11H2,(H,13,14,15,16). The van der Waals surface area contributed by atoms with Crippen LogP contribution in [0.5, 0.6) is 0 Å². The van der Waals surface area contributed by atoms with Gasteiger partial charge in [0.15, 0.2) is 5.82 Å². The van der Waals surface area contributed by atoms with Gasteiger partial charge < -0.3 is 5.73 Å². The molecule has 4 N–H and O–H groups in total. The zero-order valence-electron chi connectivity index (χ0n) is 9.26. The van der Waals surface area contributed by atoms with Gasteiger partial charge in [0.25, 0.3) is 0 Å². The fourth-order valence-corrected chi connectivity index (χ4v) is 4.92. The van der Waals surface area contributed by atoms with E-state index in [1.54, 1.807) is 0 Å². The summed E-state index contributed by atoms with van der Waals surface area (Å²) in [5.41, 5.74) is 6.06. The Morgan fingerprint density at radius 2 is 1.95 bits per heavy atom. The van der Waals surface area contributed by atoms with Crippen LogP contribution in [0.15, 0.2) is 26.0 Å². The summed E-state index contributed by atoms with van der Waals surface area (Å²) in [5, 5.41) is 12.9. The van der Waals surface area contributed by atoms with Crippen molar-refractivity contribution in [3.8, 4) is 0 Å². The van der Waals surface area contributed by atoms with E-state index >= 15 is 0 Å². The van der Waals surface area contributed by atoms with Crippen LogP contribution in [-0.2, 0) is 16.6 Å². The summed E-state index contributed by atoms with van der Waals surface area (Å²) in [7, 11) is -3.74. The highest BCUT2D eigenvalue weighted by atomic mass is 79.9. The Kier molecular flexibility index (Phi) is 4.18. The molecule has 8 nitrogen and oxygen atoms in total. The number of H-pyrrole nitrogens is 1. The largest absolute Gasteiger partial charge is 0.399 e. The predicted molar refractivity (Wildman–Crippen MR) is 74.5 cm³/mol. The van der Waals surface area contributed by atoms with Crippen molar-refractivity contribution in [1.82, 2.24) is 25.3 Å². The highest BCUT2D eigenvalue weighted by molar-refractivity contribution is 9.11. The monoisotopic (exact) mass is 410 g/mol. The van der Waals surface area contributed by atoms with Gasteiger partial charge in [-0.1, -0.05) is 5.21 Å². The van der Waals surface area contributed by atoms with Gasteiger partial charge in [-0.2, -0.15) is 5.21 Å². The minimum Gasteiger partial charge on any atom is -0.399 e. The first-order valence-corrected chi connectivity index (χ1v) is 7.93. The van der Waals surface area contributed by atoms with Crippen molar-refractivity contribution in [3.05, 3.63) is 26.9 Å². The Labute approximate surface area is 125 Å². The van der Waals surface area contributed by atoms with Crippen molar-refractivity contribution < 1.29 is 8.42 Å². The van der Waals surface area contributed by atoms with Gasteiger partial charge in [0.05, 0.1) is 6.54 Å². The van der Waals surface area contributed by atoms with Gasteiger partial charge in [-0.05, 0) is 44.0 Å². The van der Waals surface area contributed by atoms with E-state index in [1.807, 2.05) is 0 Å². The minimum absolute atomic E-state index is 0.0604. The number of halogens is 2. The number of tetrazole rings is 1. The Morgan fingerprint density at radius 1 is 1.32 bits per heavy atom. The van der Waals surface area contributed by atoms with E-state index in [-0.39, 0.29) is 17.3 Å². The number of nitrogens with one attached hydrogen (secondary N) is 2. The number of sulfonamides is 1. The topological polar surface area (TPSA) is 127 Å². The van der Waals surface area contributed by atoms with Gasteiger partial charge in [-0.3, -0.25) is 0 Å². The number of anilines is 1. The van der Waals surface area contributed by atoms with Crippen LogP contribution in [0.3, 0.4) is 0 Å². The Bertz CT molecular complexity index is 664. The first kappa shape index (κ1) is 14.4. The molecule has 0 aliphatic carbocycles. The van der Waals surface area contributed by atoms with Gasteiger partial charge in [-0.15, -0.1) is 10.2 Å². The third-order valence-electron chi connectivity index (χ3n) is 2.10. The lowest BCUT2D eigenvalue weighted by atomic mass is 10.3. The van der Waals surface area contributed by atoms with Gasteiger partial charge in [-0.25, -0.2) is 13.1 Å². The number of aromatic amines is 1. The number of benzene rings is 1. The van der Waals surface area contributed by atoms with Crippen LogP contribution >= 0.6 is 31.9 Å². The molecule has 0 saturated carbocycles. The molecular formula is C8H8Br2N6O2S. The van der Waals surface area contributed by atoms with Crippen LogP contribution in [0.25, 0.3) is 0 Å². The van der Waals surface area contributed by atoms with Gasteiger partial charge in [0, 0.05) is 14.6 Å². The number of rotatable bonds is 4. The molecule has 11 heteroatoms. The third-order valence-corrected chi connectivity index (χ3v) is 5.38. The van der Waals surface area contributed by atoms with E-state index in [1.165, 1.54) is 12.1 Å². The maximum atomic E-state index is 12.2. The summed E-state index contributed by atoms with van der Waals surface area (Å²) in [6.45, 7) is -0.0674. The van der Waals surface area contributed by atoms with E-state index in [4.69, 9.17) is 5.73 Å². The number of hydrogen-bond acceptors (Lipinski definition) is 6. The average molecular weight is 412 g/mol. The van der Waals surface area contributed by atoms with Crippen molar-refractivity contribution in [2.45, 2.75) is 11.4 Å². The second kappa shape index (κ2) is 5.53. The molecule has 0 spiro atoms. The summed E-state index contributed by atoms with van der Waals surface area (Å²) in [6.07, 6.45) is 0. The maximum Gasteiger partial charge on any atom is 0.243 e. The highest BCUT2D eigenvalue weighted by Crippen LogP contribution is 2.32. The highest BCUT2D eigenvalue weighted by Gasteiger charge is 2.22. The fourth-order valence-electron chi connectivity index (χ4n) is 1.33. The molecule has 1 heterocycles. The summed E-state index contributed by atoms with van der Waals surface area (Å²) >= 11 is 6.35. The summed E-state index contributed by atoms with van der Waals surface area (Å²) in [5.74, 6) is 0.242. The molecule has 2 aromatic rings. The zero-order valence-corrected chi connectivity index (χ0v) is 13.2. The van der Waals surface area contributed by atoms with E-state index in [0.29, 0.717) is 14.6 Å². The molecule has 19 heavy (non-hydrogen) atoms. The summed E-state index contributed by atoms with van der Waals surface area (Å²) in [6, 6.07) is 3.02. The molecule has 1 aromatic heterocycles. The lowest BCUT2D eigenvalue weighted by molar-refractivity contribution is 0.578. The quantitative estimate of drug-likeness (QED) is 0.638. The molecule has 0 saturated heterocycles. The number of nitrogens with two attached hydrogens (primary N) is 1. The first-order chi connectivity index (χ1) is 8.90. The molecule has 0 amide bonds.